The summed E-state index contributed by atoms with van der Waals surface area (Å²) in [4.78, 5) is 0. The first-order chi connectivity index (χ1) is 13.8. The lowest BCUT2D eigenvalue weighted by molar-refractivity contribution is 0.280. The predicted octanol–water partition coefficient (Wildman–Crippen LogP) is 6.12. The average Bonchev–Trinajstić information content (AvgIpc) is 3.08. The molecule has 0 aliphatic rings. The van der Waals surface area contributed by atoms with Crippen LogP contribution in [0.4, 0.5) is 0 Å². The monoisotopic (exact) mass is 363 g/mol. The molecule has 0 saturated heterocycles. The standard InChI is InChI=1S/C26H21NO/c28-16-15-27-25-13-11-21(19-7-3-1-4-8-19)17-23(25)24-18-22(12-14-26(24)27)20-9-5-2-6-10-20/h1-14,17-18,28H,15-16H2. The van der Waals surface area contributed by atoms with Crippen molar-refractivity contribution >= 4 is 21.8 Å². The highest BCUT2D eigenvalue weighted by molar-refractivity contribution is 6.10. The van der Waals surface area contributed by atoms with E-state index in [1.807, 2.05) is 12.1 Å². The van der Waals surface area contributed by atoms with Gasteiger partial charge in [-0.25, -0.2) is 0 Å². The Morgan fingerprint density at radius 1 is 0.536 bits per heavy atom. The fraction of sp³-hybridized carbons (Fsp3) is 0.0769. The van der Waals surface area contributed by atoms with Gasteiger partial charge in [-0.2, -0.15) is 0 Å². The van der Waals surface area contributed by atoms with Crippen LogP contribution in [0.15, 0.2) is 97.1 Å². The van der Waals surface area contributed by atoms with Gasteiger partial charge in [0.05, 0.1) is 6.61 Å². The maximum absolute atomic E-state index is 9.60. The van der Waals surface area contributed by atoms with E-state index in [1.54, 1.807) is 0 Å². The molecule has 0 amide bonds. The van der Waals surface area contributed by atoms with Gasteiger partial charge in [-0.15, -0.1) is 0 Å². The van der Waals surface area contributed by atoms with Crippen LogP contribution in [0.3, 0.4) is 0 Å². The van der Waals surface area contributed by atoms with Gasteiger partial charge in [0.1, 0.15) is 0 Å². The molecule has 0 bridgehead atoms. The van der Waals surface area contributed by atoms with Crippen molar-refractivity contribution in [3.63, 3.8) is 0 Å². The first kappa shape index (κ1) is 16.8. The van der Waals surface area contributed by atoms with E-state index in [1.165, 1.54) is 33.0 Å². The van der Waals surface area contributed by atoms with Crippen molar-refractivity contribution in [2.45, 2.75) is 6.54 Å². The SMILES string of the molecule is OCCn1c2ccc(-c3ccccc3)cc2c2cc(-c3ccccc3)ccc21. The maximum Gasteiger partial charge on any atom is 0.0610 e. The van der Waals surface area contributed by atoms with Crippen LogP contribution in [0.5, 0.6) is 0 Å². The minimum atomic E-state index is 0.125. The van der Waals surface area contributed by atoms with Gasteiger partial charge in [0.2, 0.25) is 0 Å². The van der Waals surface area contributed by atoms with Gasteiger partial charge in [-0.05, 0) is 46.5 Å². The molecule has 5 rings (SSSR count). The van der Waals surface area contributed by atoms with E-state index >= 15 is 0 Å². The maximum atomic E-state index is 9.60. The van der Waals surface area contributed by atoms with Crippen molar-refractivity contribution in [2.75, 3.05) is 6.61 Å². The molecule has 0 atom stereocenters. The summed E-state index contributed by atoms with van der Waals surface area (Å²) in [7, 11) is 0. The van der Waals surface area contributed by atoms with Gasteiger partial charge >= 0.3 is 0 Å². The van der Waals surface area contributed by atoms with Crippen LogP contribution >= 0.6 is 0 Å². The Hall–Kier alpha value is -3.36. The van der Waals surface area contributed by atoms with Crippen molar-refractivity contribution in [1.29, 1.82) is 0 Å². The highest BCUT2D eigenvalue weighted by atomic mass is 16.3. The minimum absolute atomic E-state index is 0.125. The lowest BCUT2D eigenvalue weighted by Gasteiger charge is -2.06. The number of nitrogens with zero attached hydrogens (tertiary/aromatic N) is 1. The summed E-state index contributed by atoms with van der Waals surface area (Å²) in [6, 6.07) is 34.2. The van der Waals surface area contributed by atoms with E-state index in [4.69, 9.17) is 0 Å². The normalized spacial score (nSPS) is 11.3. The Kier molecular flexibility index (Phi) is 4.19. The van der Waals surface area contributed by atoms with Crippen LogP contribution in [-0.4, -0.2) is 16.3 Å². The van der Waals surface area contributed by atoms with E-state index in [9.17, 15) is 5.11 Å². The first-order valence-electron chi connectivity index (χ1n) is 9.63. The topological polar surface area (TPSA) is 25.2 Å². The zero-order valence-corrected chi connectivity index (χ0v) is 15.5. The summed E-state index contributed by atoms with van der Waals surface area (Å²) in [5, 5.41) is 12.1. The minimum Gasteiger partial charge on any atom is -0.395 e. The fourth-order valence-corrected chi connectivity index (χ4v) is 4.07. The zero-order chi connectivity index (χ0) is 18.9. The Bertz CT molecular complexity index is 1160. The molecule has 28 heavy (non-hydrogen) atoms. The van der Waals surface area contributed by atoms with E-state index in [0.717, 1.165) is 11.0 Å². The number of hydrogen-bond acceptors (Lipinski definition) is 1. The molecule has 1 heterocycles. The van der Waals surface area contributed by atoms with Gasteiger partial charge in [0.25, 0.3) is 0 Å². The number of rotatable bonds is 4. The lowest BCUT2D eigenvalue weighted by atomic mass is 10.0. The second kappa shape index (κ2) is 6.99. The lowest BCUT2D eigenvalue weighted by Crippen LogP contribution is -2.01. The zero-order valence-electron chi connectivity index (χ0n) is 15.5. The number of benzene rings is 4. The van der Waals surface area contributed by atoms with Crippen molar-refractivity contribution in [1.82, 2.24) is 4.57 Å². The van der Waals surface area contributed by atoms with Crippen molar-refractivity contribution in [3.8, 4) is 22.3 Å². The third kappa shape index (κ3) is 2.79. The quantitative estimate of drug-likeness (QED) is 0.409. The van der Waals surface area contributed by atoms with Crippen LogP contribution in [-0.2, 0) is 6.54 Å². The number of aromatic nitrogens is 1. The second-order valence-corrected chi connectivity index (χ2v) is 7.07. The average molecular weight is 363 g/mol. The molecule has 0 aliphatic heterocycles. The Labute approximate surface area is 164 Å². The largest absolute Gasteiger partial charge is 0.395 e. The molecule has 0 fully saturated rings. The van der Waals surface area contributed by atoms with E-state index < -0.39 is 0 Å². The summed E-state index contributed by atoms with van der Waals surface area (Å²) in [6.45, 7) is 0.717. The molecule has 4 aromatic carbocycles. The molecule has 1 N–H and O–H groups in total. The third-order valence-electron chi connectivity index (χ3n) is 5.40. The van der Waals surface area contributed by atoms with Gasteiger partial charge in [0.15, 0.2) is 0 Å². The van der Waals surface area contributed by atoms with Crippen LogP contribution in [0.2, 0.25) is 0 Å². The van der Waals surface area contributed by atoms with Crippen LogP contribution in [0, 0.1) is 0 Å². The third-order valence-corrected chi connectivity index (χ3v) is 5.40. The van der Waals surface area contributed by atoms with E-state index in [2.05, 4.69) is 89.5 Å². The smallest absolute Gasteiger partial charge is 0.0610 e. The number of hydrogen-bond donors (Lipinski definition) is 1. The Balaban J connectivity index is 1.78. The molecule has 0 unspecified atom stereocenters. The molecule has 1 aromatic heterocycles. The van der Waals surface area contributed by atoms with Crippen molar-refractivity contribution in [2.24, 2.45) is 0 Å². The number of aliphatic hydroxyl groups excluding tert-OH is 1. The molecule has 136 valence electrons. The molecular weight excluding hydrogens is 342 g/mol. The molecular formula is C26H21NO. The van der Waals surface area contributed by atoms with Gasteiger partial charge in [-0.1, -0.05) is 72.8 Å². The highest BCUT2D eigenvalue weighted by Crippen LogP contribution is 2.35. The van der Waals surface area contributed by atoms with Gasteiger partial charge < -0.3 is 9.67 Å². The van der Waals surface area contributed by atoms with Gasteiger partial charge in [0, 0.05) is 28.4 Å². The summed E-state index contributed by atoms with van der Waals surface area (Å²) >= 11 is 0. The molecule has 2 heteroatoms. The van der Waals surface area contributed by atoms with Crippen LogP contribution < -0.4 is 0 Å². The first-order valence-corrected chi connectivity index (χ1v) is 9.63. The van der Waals surface area contributed by atoms with E-state index in [0.29, 0.717) is 6.54 Å². The van der Waals surface area contributed by atoms with Crippen LogP contribution in [0.25, 0.3) is 44.1 Å². The highest BCUT2D eigenvalue weighted by Gasteiger charge is 2.12. The number of aliphatic hydroxyl groups is 1. The Morgan fingerprint density at radius 3 is 1.43 bits per heavy atom. The predicted molar refractivity (Wildman–Crippen MR) is 117 cm³/mol. The second-order valence-electron chi connectivity index (χ2n) is 7.07. The summed E-state index contributed by atoms with van der Waals surface area (Å²) in [5.41, 5.74) is 7.17. The van der Waals surface area contributed by atoms with Crippen molar-refractivity contribution < 1.29 is 5.11 Å². The summed E-state index contributed by atoms with van der Waals surface area (Å²) < 4.78 is 2.22. The summed E-state index contributed by atoms with van der Waals surface area (Å²) in [5.74, 6) is 0. The molecule has 0 saturated carbocycles. The molecule has 2 nitrogen and oxygen atoms in total. The molecule has 0 radical (unpaired) electrons. The molecule has 5 aromatic rings. The van der Waals surface area contributed by atoms with E-state index in [-0.39, 0.29) is 6.61 Å². The Morgan fingerprint density at radius 2 is 1.00 bits per heavy atom. The van der Waals surface area contributed by atoms with Gasteiger partial charge in [-0.3, -0.25) is 0 Å². The molecule has 0 spiro atoms. The van der Waals surface area contributed by atoms with Crippen molar-refractivity contribution in [3.05, 3.63) is 97.1 Å². The fourth-order valence-electron chi connectivity index (χ4n) is 4.07. The van der Waals surface area contributed by atoms with Crippen LogP contribution in [0.1, 0.15) is 0 Å². The number of fused-ring (bicyclic) bond motifs is 3. The summed E-state index contributed by atoms with van der Waals surface area (Å²) in [6.07, 6.45) is 0. The molecule has 0 aliphatic carbocycles.